The van der Waals surface area contributed by atoms with E-state index in [0.717, 1.165) is 0 Å². The number of carboxylic acid groups (broad SMARTS) is 1. The van der Waals surface area contributed by atoms with Gasteiger partial charge in [-0.15, -0.1) is 0 Å². The smallest absolute Gasteiger partial charge is 0.320 e. The Morgan fingerprint density at radius 1 is 1.13 bits per heavy atom. The Kier molecular flexibility index (Phi) is 5.11. The maximum absolute atomic E-state index is 11.1. The molecule has 0 aliphatic rings. The Hall–Kier alpha value is -0.740. The molecule has 5 N–H and O–H groups in total. The second-order valence-corrected chi connectivity index (χ2v) is 4.73. The fourth-order valence-electron chi connectivity index (χ4n) is 0.775. The molecule has 0 spiro atoms. The molecule has 0 saturated heterocycles. The van der Waals surface area contributed by atoms with E-state index in [-0.39, 0.29) is 0 Å². The zero-order valence-corrected chi connectivity index (χ0v) is 8.57. The summed E-state index contributed by atoms with van der Waals surface area (Å²) in [5.74, 6) is -2.78. The topological polar surface area (TPSA) is 144 Å². The molecule has 0 heterocycles. The van der Waals surface area contributed by atoms with Crippen LogP contribution in [0, 0.1) is 0 Å². The predicted octanol–water partition coefficient (Wildman–Crippen LogP) is -3.29. The number of hydrogen-bond acceptors (Lipinski definition) is 6. The van der Waals surface area contributed by atoms with E-state index >= 15 is 0 Å². The number of carboxylic acids is 1. The van der Waals surface area contributed by atoms with Crippen molar-refractivity contribution in [3.05, 3.63) is 0 Å². The molecule has 0 bridgehead atoms. The molecular formula is C6H13NO7S. The number of carbonyl (C=O) groups is 1. The second kappa shape index (κ2) is 5.37. The van der Waals surface area contributed by atoms with Gasteiger partial charge in [-0.2, -0.15) is 0 Å². The summed E-state index contributed by atoms with van der Waals surface area (Å²) >= 11 is 0. The van der Waals surface area contributed by atoms with E-state index in [1.165, 1.54) is 0 Å². The van der Waals surface area contributed by atoms with Crippen molar-refractivity contribution in [2.45, 2.75) is 5.54 Å². The fourth-order valence-corrected chi connectivity index (χ4v) is 2.03. The molecule has 0 unspecified atom stereocenters. The molecule has 0 fully saturated rings. The molecule has 0 aliphatic heterocycles. The van der Waals surface area contributed by atoms with Gasteiger partial charge in [0.25, 0.3) is 0 Å². The maximum Gasteiger partial charge on any atom is 0.320 e. The van der Waals surface area contributed by atoms with Crippen molar-refractivity contribution >= 4 is 16.0 Å². The van der Waals surface area contributed by atoms with Crippen LogP contribution >= 0.6 is 0 Å². The van der Waals surface area contributed by atoms with Crippen molar-refractivity contribution in [3.63, 3.8) is 0 Å². The van der Waals surface area contributed by atoms with E-state index in [9.17, 15) is 13.2 Å². The Balaban J connectivity index is 4.74. The number of aliphatic hydroxyl groups excluding tert-OH is 3. The molecule has 8 nitrogen and oxygen atoms in total. The van der Waals surface area contributed by atoms with Gasteiger partial charge in [0.2, 0.25) is 10.0 Å². The van der Waals surface area contributed by atoms with E-state index in [1.807, 2.05) is 0 Å². The van der Waals surface area contributed by atoms with Gasteiger partial charge in [-0.25, -0.2) is 13.1 Å². The minimum atomic E-state index is -4.20. The molecule has 0 rings (SSSR count). The third kappa shape index (κ3) is 4.53. The Labute approximate surface area is 86.2 Å². The zero-order valence-electron chi connectivity index (χ0n) is 7.75. The number of aliphatic carboxylic acids is 1. The van der Waals surface area contributed by atoms with Gasteiger partial charge in [0.1, 0.15) is 5.54 Å². The highest BCUT2D eigenvalue weighted by Crippen LogP contribution is 2.04. The number of sulfonamides is 1. The first-order valence-corrected chi connectivity index (χ1v) is 5.52. The van der Waals surface area contributed by atoms with Crippen LogP contribution in [0.25, 0.3) is 0 Å². The highest BCUT2D eigenvalue weighted by atomic mass is 32.2. The van der Waals surface area contributed by atoms with Crippen LogP contribution in [0.1, 0.15) is 0 Å². The summed E-state index contributed by atoms with van der Waals surface area (Å²) in [4.78, 5) is 10.2. The zero-order chi connectivity index (χ0) is 12.1. The predicted molar refractivity (Wildman–Crippen MR) is 48.5 cm³/mol. The molecule has 0 aliphatic carbocycles. The van der Waals surface area contributed by atoms with Crippen molar-refractivity contribution in [2.75, 3.05) is 25.6 Å². The SMILES string of the molecule is O=C(O)CS(=O)(=O)NC(CO)(CO)CO. The quantitative estimate of drug-likeness (QED) is 0.315. The Bertz CT molecular complexity index is 299. The molecule has 0 radical (unpaired) electrons. The van der Waals surface area contributed by atoms with E-state index in [4.69, 9.17) is 20.4 Å². The van der Waals surface area contributed by atoms with Crippen LogP contribution in [0.4, 0.5) is 0 Å². The van der Waals surface area contributed by atoms with E-state index < -0.39 is 47.1 Å². The van der Waals surface area contributed by atoms with Crippen molar-refractivity contribution in [3.8, 4) is 0 Å². The summed E-state index contributed by atoms with van der Waals surface area (Å²) in [5.41, 5.74) is -1.84. The third-order valence-electron chi connectivity index (χ3n) is 1.59. The highest BCUT2D eigenvalue weighted by Gasteiger charge is 2.33. The molecule has 9 heteroatoms. The van der Waals surface area contributed by atoms with E-state index in [2.05, 4.69) is 0 Å². The normalized spacial score (nSPS) is 12.7. The lowest BCUT2D eigenvalue weighted by Crippen LogP contribution is -2.57. The maximum atomic E-state index is 11.1. The number of nitrogens with one attached hydrogen (secondary N) is 1. The van der Waals surface area contributed by atoms with Crippen LogP contribution in [0.15, 0.2) is 0 Å². The average Bonchev–Trinajstić information content (AvgIpc) is 2.12. The summed E-state index contributed by atoms with van der Waals surface area (Å²) in [6.45, 7) is -2.55. The summed E-state index contributed by atoms with van der Waals surface area (Å²) in [6, 6.07) is 0. The van der Waals surface area contributed by atoms with Crippen LogP contribution < -0.4 is 4.72 Å². The largest absolute Gasteiger partial charge is 0.480 e. The van der Waals surface area contributed by atoms with Gasteiger partial charge >= 0.3 is 5.97 Å². The van der Waals surface area contributed by atoms with E-state index in [1.54, 1.807) is 4.72 Å². The molecule has 15 heavy (non-hydrogen) atoms. The molecular weight excluding hydrogens is 230 g/mol. The van der Waals surface area contributed by atoms with Gasteiger partial charge in [0.05, 0.1) is 19.8 Å². The highest BCUT2D eigenvalue weighted by molar-refractivity contribution is 7.90. The van der Waals surface area contributed by atoms with Gasteiger partial charge in [0, 0.05) is 0 Å². The van der Waals surface area contributed by atoms with Crippen LogP contribution in [0.2, 0.25) is 0 Å². The lowest BCUT2D eigenvalue weighted by Gasteiger charge is -2.27. The molecule has 0 aromatic rings. The van der Waals surface area contributed by atoms with Gasteiger partial charge in [-0.1, -0.05) is 0 Å². The molecule has 0 saturated carbocycles. The third-order valence-corrected chi connectivity index (χ3v) is 2.96. The minimum Gasteiger partial charge on any atom is -0.480 e. The first-order valence-electron chi connectivity index (χ1n) is 3.87. The molecule has 0 atom stereocenters. The summed E-state index contributed by atoms with van der Waals surface area (Å²) in [6.07, 6.45) is 0. The van der Waals surface area contributed by atoms with Crippen molar-refractivity contribution < 1.29 is 33.6 Å². The van der Waals surface area contributed by atoms with Gasteiger partial charge < -0.3 is 20.4 Å². The Morgan fingerprint density at radius 2 is 1.53 bits per heavy atom. The molecule has 0 aromatic heterocycles. The van der Waals surface area contributed by atoms with Crippen molar-refractivity contribution in [1.82, 2.24) is 4.72 Å². The first-order chi connectivity index (χ1) is 6.81. The molecule has 90 valence electrons. The number of rotatable bonds is 7. The number of hydrogen-bond donors (Lipinski definition) is 5. The van der Waals surface area contributed by atoms with Crippen LogP contribution in [-0.2, 0) is 14.8 Å². The van der Waals surface area contributed by atoms with Crippen LogP contribution in [0.5, 0.6) is 0 Å². The Morgan fingerprint density at radius 3 is 1.80 bits per heavy atom. The summed E-state index contributed by atoms with van der Waals surface area (Å²) in [5, 5.41) is 34.6. The van der Waals surface area contributed by atoms with Crippen molar-refractivity contribution in [1.29, 1.82) is 0 Å². The first kappa shape index (κ1) is 14.3. The van der Waals surface area contributed by atoms with Crippen LogP contribution in [-0.4, -0.2) is 65.9 Å². The second-order valence-electron chi connectivity index (χ2n) is 3.01. The fraction of sp³-hybridized carbons (Fsp3) is 0.833. The minimum absolute atomic E-state index is 0.848. The molecule has 0 amide bonds. The van der Waals surface area contributed by atoms with Crippen LogP contribution in [0.3, 0.4) is 0 Å². The summed E-state index contributed by atoms with van der Waals surface area (Å²) < 4.78 is 23.9. The van der Waals surface area contributed by atoms with Gasteiger partial charge in [0.15, 0.2) is 5.75 Å². The summed E-state index contributed by atoms with van der Waals surface area (Å²) in [7, 11) is -4.20. The average molecular weight is 243 g/mol. The lowest BCUT2D eigenvalue weighted by atomic mass is 10.1. The number of aliphatic hydroxyl groups is 3. The van der Waals surface area contributed by atoms with Crippen molar-refractivity contribution in [2.24, 2.45) is 0 Å². The standard InChI is InChI=1S/C6H13NO7S/c8-2-6(3-9,4-10)7-15(13,14)1-5(11)12/h7-10H,1-4H2,(H,11,12). The van der Waals surface area contributed by atoms with E-state index in [0.29, 0.717) is 0 Å². The van der Waals surface area contributed by atoms with Gasteiger partial charge in [-0.3, -0.25) is 4.79 Å². The molecule has 0 aromatic carbocycles. The lowest BCUT2D eigenvalue weighted by molar-refractivity contribution is -0.134. The monoisotopic (exact) mass is 243 g/mol. The van der Waals surface area contributed by atoms with Gasteiger partial charge in [-0.05, 0) is 0 Å².